The fourth-order valence-corrected chi connectivity index (χ4v) is 4.21. The van der Waals surface area contributed by atoms with E-state index in [1.807, 2.05) is 54.6 Å². The first-order chi connectivity index (χ1) is 15.0. The highest BCUT2D eigenvalue weighted by molar-refractivity contribution is 6.31. The van der Waals surface area contributed by atoms with Crippen molar-refractivity contribution in [1.82, 2.24) is 24.6 Å². The number of carbonyl (C=O) groups excluding carboxylic acids is 1. The minimum atomic E-state index is -0.136. The molecule has 1 fully saturated rings. The SMILES string of the molecule is Cn1nc(C2CCN(CC(=O)NCc3ccccc3Cl)CC2)n(-c2ccccc2)c1=O. The summed E-state index contributed by atoms with van der Waals surface area (Å²) in [4.78, 5) is 27.2. The van der Waals surface area contributed by atoms with E-state index in [2.05, 4.69) is 15.3 Å². The Morgan fingerprint density at radius 2 is 1.77 bits per heavy atom. The number of piperidine rings is 1. The second-order valence-corrected chi connectivity index (χ2v) is 8.26. The van der Waals surface area contributed by atoms with E-state index in [9.17, 15) is 9.59 Å². The van der Waals surface area contributed by atoms with Gasteiger partial charge in [-0.15, -0.1) is 0 Å². The Labute approximate surface area is 186 Å². The predicted molar refractivity (Wildman–Crippen MR) is 121 cm³/mol. The number of hydrogen-bond acceptors (Lipinski definition) is 4. The molecule has 0 aliphatic carbocycles. The average Bonchev–Trinajstić information content (AvgIpc) is 3.08. The molecular formula is C23H26ClN5O2. The fourth-order valence-electron chi connectivity index (χ4n) is 4.01. The number of carbonyl (C=O) groups is 1. The number of halogens is 1. The van der Waals surface area contributed by atoms with Crippen LogP contribution in [-0.4, -0.2) is 44.8 Å². The number of rotatable bonds is 6. The van der Waals surface area contributed by atoms with Gasteiger partial charge in [0, 0.05) is 24.5 Å². The van der Waals surface area contributed by atoms with Crippen molar-refractivity contribution in [1.29, 1.82) is 0 Å². The Balaban J connectivity index is 1.35. The first-order valence-electron chi connectivity index (χ1n) is 10.5. The summed E-state index contributed by atoms with van der Waals surface area (Å²) >= 11 is 6.15. The summed E-state index contributed by atoms with van der Waals surface area (Å²) in [5.41, 5.74) is 1.60. The molecule has 1 N–H and O–H groups in total. The van der Waals surface area contributed by atoms with E-state index in [0.29, 0.717) is 18.1 Å². The van der Waals surface area contributed by atoms with Crippen molar-refractivity contribution in [3.8, 4) is 5.69 Å². The van der Waals surface area contributed by atoms with E-state index < -0.39 is 0 Å². The van der Waals surface area contributed by atoms with Crippen LogP contribution in [0.2, 0.25) is 5.02 Å². The maximum atomic E-state index is 12.6. The summed E-state index contributed by atoms with van der Waals surface area (Å²) in [6.45, 7) is 2.34. The molecule has 4 rings (SSSR count). The largest absolute Gasteiger partial charge is 0.351 e. The lowest BCUT2D eigenvalue weighted by molar-refractivity contribution is -0.122. The van der Waals surface area contributed by atoms with Gasteiger partial charge in [-0.05, 0) is 49.7 Å². The maximum absolute atomic E-state index is 12.6. The average molecular weight is 440 g/mol. The molecule has 1 aromatic heterocycles. The Kier molecular flexibility index (Phi) is 6.53. The Hall–Kier alpha value is -2.90. The number of para-hydroxylation sites is 1. The summed E-state index contributed by atoms with van der Waals surface area (Å²) < 4.78 is 3.10. The summed E-state index contributed by atoms with van der Waals surface area (Å²) in [5.74, 6) is 0.954. The van der Waals surface area contributed by atoms with Crippen molar-refractivity contribution in [3.05, 3.63) is 81.5 Å². The van der Waals surface area contributed by atoms with Gasteiger partial charge in [0.15, 0.2) is 0 Å². The monoisotopic (exact) mass is 439 g/mol. The van der Waals surface area contributed by atoms with Gasteiger partial charge in [-0.1, -0.05) is 48.0 Å². The third-order valence-corrected chi connectivity index (χ3v) is 6.09. The van der Waals surface area contributed by atoms with Crippen molar-refractivity contribution in [3.63, 3.8) is 0 Å². The number of nitrogens with one attached hydrogen (secondary N) is 1. The van der Waals surface area contributed by atoms with E-state index in [1.54, 1.807) is 11.6 Å². The molecule has 162 valence electrons. The summed E-state index contributed by atoms with van der Waals surface area (Å²) in [7, 11) is 1.68. The van der Waals surface area contributed by atoms with E-state index in [1.165, 1.54) is 4.68 Å². The third-order valence-electron chi connectivity index (χ3n) is 5.72. The van der Waals surface area contributed by atoms with E-state index in [4.69, 9.17) is 11.6 Å². The van der Waals surface area contributed by atoms with E-state index in [0.717, 1.165) is 43.0 Å². The molecule has 1 saturated heterocycles. The minimum absolute atomic E-state index is 0.0163. The van der Waals surface area contributed by atoms with Crippen molar-refractivity contribution >= 4 is 17.5 Å². The molecule has 1 amide bonds. The number of benzene rings is 2. The Morgan fingerprint density at radius 3 is 2.48 bits per heavy atom. The summed E-state index contributed by atoms with van der Waals surface area (Å²) in [5, 5.41) is 8.13. The van der Waals surface area contributed by atoms with Crippen molar-refractivity contribution in [2.24, 2.45) is 7.05 Å². The second kappa shape index (κ2) is 9.49. The highest BCUT2D eigenvalue weighted by Gasteiger charge is 2.27. The zero-order valence-corrected chi connectivity index (χ0v) is 18.3. The van der Waals surface area contributed by atoms with Crippen LogP contribution in [0.4, 0.5) is 0 Å². The van der Waals surface area contributed by atoms with Gasteiger partial charge < -0.3 is 5.32 Å². The smallest absolute Gasteiger partial charge is 0.350 e. The first-order valence-corrected chi connectivity index (χ1v) is 10.8. The number of nitrogens with zero attached hydrogens (tertiary/aromatic N) is 4. The van der Waals surface area contributed by atoms with Crippen LogP contribution in [0.25, 0.3) is 5.69 Å². The molecule has 1 aliphatic rings. The number of amides is 1. The molecule has 1 aliphatic heterocycles. The predicted octanol–water partition coefficient (Wildman–Crippen LogP) is 2.72. The van der Waals surface area contributed by atoms with Crippen molar-refractivity contribution in [2.75, 3.05) is 19.6 Å². The summed E-state index contributed by atoms with van der Waals surface area (Å²) in [6.07, 6.45) is 1.70. The van der Waals surface area contributed by atoms with E-state index in [-0.39, 0.29) is 17.5 Å². The standard InChI is InChI=1S/C23H26ClN5O2/c1-27-23(31)29(19-8-3-2-4-9-19)22(26-27)17-11-13-28(14-12-17)16-21(30)25-15-18-7-5-6-10-20(18)24/h2-10,17H,11-16H2,1H3,(H,25,30). The molecule has 0 spiro atoms. The van der Waals surface area contributed by atoms with Gasteiger partial charge in [-0.3, -0.25) is 9.69 Å². The van der Waals surface area contributed by atoms with Gasteiger partial charge in [-0.2, -0.15) is 5.10 Å². The highest BCUT2D eigenvalue weighted by Crippen LogP contribution is 2.27. The lowest BCUT2D eigenvalue weighted by atomic mass is 9.95. The molecule has 0 atom stereocenters. The lowest BCUT2D eigenvalue weighted by Gasteiger charge is -2.31. The van der Waals surface area contributed by atoms with Gasteiger partial charge in [-0.25, -0.2) is 14.0 Å². The topological polar surface area (TPSA) is 72.2 Å². The van der Waals surface area contributed by atoms with Crippen LogP contribution in [-0.2, 0) is 18.4 Å². The van der Waals surface area contributed by atoms with Crippen molar-refractivity contribution < 1.29 is 4.79 Å². The van der Waals surface area contributed by atoms with Gasteiger partial charge in [0.1, 0.15) is 5.82 Å². The molecule has 8 heteroatoms. The Bertz CT molecular complexity index is 1100. The number of hydrogen-bond donors (Lipinski definition) is 1. The van der Waals surface area contributed by atoms with Gasteiger partial charge in [0.25, 0.3) is 0 Å². The van der Waals surface area contributed by atoms with Gasteiger partial charge in [0.2, 0.25) is 5.91 Å². The highest BCUT2D eigenvalue weighted by atomic mass is 35.5. The summed E-state index contributed by atoms with van der Waals surface area (Å²) in [6, 6.07) is 17.1. The van der Waals surface area contributed by atoms with Crippen LogP contribution in [0.3, 0.4) is 0 Å². The molecule has 3 aromatic rings. The van der Waals surface area contributed by atoms with E-state index >= 15 is 0 Å². The quantitative estimate of drug-likeness (QED) is 0.641. The fraction of sp³-hybridized carbons (Fsp3) is 0.348. The first kappa shape index (κ1) is 21.3. The maximum Gasteiger partial charge on any atom is 0.350 e. The Morgan fingerprint density at radius 1 is 1.10 bits per heavy atom. The lowest BCUT2D eigenvalue weighted by Crippen LogP contribution is -2.41. The molecule has 0 bridgehead atoms. The van der Waals surface area contributed by atoms with Crippen LogP contribution >= 0.6 is 11.6 Å². The normalized spacial score (nSPS) is 15.2. The van der Waals surface area contributed by atoms with Gasteiger partial charge in [0.05, 0.1) is 12.2 Å². The third kappa shape index (κ3) is 4.89. The van der Waals surface area contributed by atoms with Crippen LogP contribution < -0.4 is 11.0 Å². The second-order valence-electron chi connectivity index (χ2n) is 7.85. The minimum Gasteiger partial charge on any atom is -0.351 e. The molecule has 0 saturated carbocycles. The molecule has 31 heavy (non-hydrogen) atoms. The molecule has 0 unspecified atom stereocenters. The number of aromatic nitrogens is 3. The van der Waals surface area contributed by atoms with Crippen LogP contribution in [0.15, 0.2) is 59.4 Å². The molecule has 7 nitrogen and oxygen atoms in total. The van der Waals surface area contributed by atoms with Crippen LogP contribution in [0, 0.1) is 0 Å². The zero-order valence-electron chi connectivity index (χ0n) is 17.5. The van der Waals surface area contributed by atoms with Crippen LogP contribution in [0.5, 0.6) is 0 Å². The number of aryl methyl sites for hydroxylation is 1. The molecular weight excluding hydrogens is 414 g/mol. The molecule has 2 aromatic carbocycles. The van der Waals surface area contributed by atoms with Crippen molar-refractivity contribution in [2.45, 2.75) is 25.3 Å². The molecule has 0 radical (unpaired) electrons. The zero-order chi connectivity index (χ0) is 21.8. The number of likely N-dealkylation sites (tertiary alicyclic amines) is 1. The van der Waals surface area contributed by atoms with Crippen LogP contribution in [0.1, 0.15) is 30.1 Å². The van der Waals surface area contributed by atoms with Gasteiger partial charge >= 0.3 is 5.69 Å². The molecule has 2 heterocycles.